The Labute approximate surface area is 125 Å². The molecule has 1 saturated carbocycles. The van der Waals surface area contributed by atoms with Gasteiger partial charge in [0.15, 0.2) is 5.65 Å². The molecule has 0 aromatic carbocycles. The summed E-state index contributed by atoms with van der Waals surface area (Å²) in [7, 11) is 1.82. The fourth-order valence-electron chi connectivity index (χ4n) is 3.07. The number of nitrogens with zero attached hydrogens (tertiary/aromatic N) is 3. The number of fused-ring (bicyclic) bond motifs is 1. The smallest absolute Gasteiger partial charge is 0.155 e. The molecule has 0 radical (unpaired) electrons. The molecular weight excluding hydrogens is 264 g/mol. The Morgan fingerprint density at radius 3 is 2.81 bits per heavy atom. The van der Waals surface area contributed by atoms with E-state index in [0.717, 1.165) is 36.4 Å². The molecule has 1 N–H and O–H groups in total. The second-order valence-electron chi connectivity index (χ2n) is 6.20. The van der Waals surface area contributed by atoms with Gasteiger partial charge in [-0.15, -0.1) is 0 Å². The first kappa shape index (κ1) is 14.5. The average Bonchev–Trinajstić information content (AvgIpc) is 2.80. The van der Waals surface area contributed by atoms with Gasteiger partial charge in [0.1, 0.15) is 0 Å². The molecule has 0 amide bonds. The Balaban J connectivity index is 1.78. The van der Waals surface area contributed by atoms with Crippen LogP contribution in [0.2, 0.25) is 0 Å². The molecule has 1 aliphatic carbocycles. The Bertz CT molecular complexity index is 639. The highest BCUT2D eigenvalue weighted by molar-refractivity contribution is 5.42. The van der Waals surface area contributed by atoms with Crippen LogP contribution in [0.5, 0.6) is 0 Å². The van der Waals surface area contributed by atoms with E-state index in [2.05, 4.69) is 29.2 Å². The van der Waals surface area contributed by atoms with E-state index in [1.54, 1.807) is 0 Å². The standard InChI is InChI=1S/C16H24N4O/c1-11-8-15-17-9-14(13(3)20(15)19-11)12(2)18-10-16(21-4)6-5-7-16/h8-9,12,18H,5-7,10H2,1-4H3. The van der Waals surface area contributed by atoms with Crippen LogP contribution in [0, 0.1) is 13.8 Å². The number of hydrogen-bond acceptors (Lipinski definition) is 4. The molecule has 2 aromatic heterocycles. The monoisotopic (exact) mass is 288 g/mol. The van der Waals surface area contributed by atoms with E-state index in [9.17, 15) is 0 Å². The fourth-order valence-corrected chi connectivity index (χ4v) is 3.07. The van der Waals surface area contributed by atoms with E-state index in [1.165, 1.54) is 12.0 Å². The highest BCUT2D eigenvalue weighted by atomic mass is 16.5. The molecule has 21 heavy (non-hydrogen) atoms. The number of rotatable bonds is 5. The largest absolute Gasteiger partial charge is 0.377 e. The van der Waals surface area contributed by atoms with E-state index in [4.69, 9.17) is 4.74 Å². The minimum absolute atomic E-state index is 0.0436. The average molecular weight is 288 g/mol. The first-order chi connectivity index (χ1) is 10.0. The number of nitrogens with one attached hydrogen (secondary N) is 1. The summed E-state index contributed by atoms with van der Waals surface area (Å²) < 4.78 is 7.60. The minimum atomic E-state index is 0.0436. The van der Waals surface area contributed by atoms with Gasteiger partial charge in [-0.25, -0.2) is 9.50 Å². The summed E-state index contributed by atoms with van der Waals surface area (Å²) in [6.07, 6.45) is 5.53. The molecule has 3 rings (SSSR count). The van der Waals surface area contributed by atoms with Gasteiger partial charge in [-0.3, -0.25) is 0 Å². The van der Waals surface area contributed by atoms with Gasteiger partial charge in [0.2, 0.25) is 0 Å². The van der Waals surface area contributed by atoms with Gasteiger partial charge < -0.3 is 10.1 Å². The van der Waals surface area contributed by atoms with Crippen LogP contribution in [0.15, 0.2) is 12.3 Å². The quantitative estimate of drug-likeness (QED) is 0.918. The van der Waals surface area contributed by atoms with E-state index < -0.39 is 0 Å². The maximum atomic E-state index is 5.67. The zero-order valence-electron chi connectivity index (χ0n) is 13.3. The van der Waals surface area contributed by atoms with Crippen LogP contribution in [-0.2, 0) is 4.74 Å². The molecule has 5 heteroatoms. The van der Waals surface area contributed by atoms with E-state index in [0.29, 0.717) is 0 Å². The molecule has 0 saturated heterocycles. The highest BCUT2D eigenvalue weighted by Gasteiger charge is 2.37. The Hall–Kier alpha value is -1.46. The summed E-state index contributed by atoms with van der Waals surface area (Å²) in [5, 5.41) is 8.11. The lowest BCUT2D eigenvalue weighted by molar-refractivity contribution is -0.0706. The van der Waals surface area contributed by atoms with Gasteiger partial charge in [-0.05, 0) is 40.0 Å². The van der Waals surface area contributed by atoms with Crippen molar-refractivity contribution in [3.63, 3.8) is 0 Å². The Kier molecular flexibility index (Phi) is 3.71. The summed E-state index contributed by atoms with van der Waals surface area (Å²) in [6, 6.07) is 2.24. The number of methoxy groups -OCH3 is 1. The first-order valence-corrected chi connectivity index (χ1v) is 7.65. The van der Waals surface area contributed by atoms with E-state index in [1.807, 2.05) is 30.8 Å². The lowest BCUT2D eigenvalue weighted by Gasteiger charge is -2.41. The molecule has 2 heterocycles. The lowest BCUT2D eigenvalue weighted by Crippen LogP contribution is -2.48. The summed E-state index contributed by atoms with van der Waals surface area (Å²) >= 11 is 0. The molecule has 2 aromatic rings. The van der Waals surface area contributed by atoms with Crippen LogP contribution < -0.4 is 5.32 Å². The third-order valence-corrected chi connectivity index (χ3v) is 4.78. The van der Waals surface area contributed by atoms with Crippen LogP contribution in [0.1, 0.15) is 49.2 Å². The Morgan fingerprint density at radius 2 is 2.19 bits per heavy atom. The highest BCUT2D eigenvalue weighted by Crippen LogP contribution is 2.34. The van der Waals surface area contributed by atoms with Crippen LogP contribution >= 0.6 is 0 Å². The summed E-state index contributed by atoms with van der Waals surface area (Å²) in [5.41, 5.74) is 4.29. The predicted octanol–water partition coefficient (Wildman–Crippen LogP) is 2.57. The SMILES string of the molecule is COC1(CNC(C)c2cnc3cc(C)nn3c2C)CCC1. The van der Waals surface area contributed by atoms with Crippen molar-refractivity contribution in [3.05, 3.63) is 29.2 Å². The number of hydrogen-bond donors (Lipinski definition) is 1. The van der Waals surface area contributed by atoms with Gasteiger partial charge in [0.25, 0.3) is 0 Å². The van der Waals surface area contributed by atoms with Gasteiger partial charge in [-0.1, -0.05) is 0 Å². The molecule has 1 aliphatic rings. The van der Waals surface area contributed by atoms with Crippen molar-refractivity contribution in [2.45, 2.75) is 51.7 Å². The normalized spacial score (nSPS) is 18.7. The minimum Gasteiger partial charge on any atom is -0.377 e. The van der Waals surface area contributed by atoms with Gasteiger partial charge in [0.05, 0.1) is 11.3 Å². The van der Waals surface area contributed by atoms with E-state index >= 15 is 0 Å². The summed E-state index contributed by atoms with van der Waals surface area (Å²) in [6.45, 7) is 7.16. The van der Waals surface area contributed by atoms with Gasteiger partial charge in [-0.2, -0.15) is 5.10 Å². The first-order valence-electron chi connectivity index (χ1n) is 7.65. The second kappa shape index (κ2) is 5.39. The van der Waals surface area contributed by atoms with E-state index in [-0.39, 0.29) is 11.6 Å². The van der Waals surface area contributed by atoms with Crippen LogP contribution in [-0.4, -0.2) is 33.9 Å². The predicted molar refractivity (Wildman–Crippen MR) is 82.5 cm³/mol. The van der Waals surface area contributed by atoms with Crippen molar-refractivity contribution in [1.29, 1.82) is 0 Å². The van der Waals surface area contributed by atoms with Crippen molar-refractivity contribution in [3.8, 4) is 0 Å². The van der Waals surface area contributed by atoms with Crippen molar-refractivity contribution in [1.82, 2.24) is 19.9 Å². The van der Waals surface area contributed by atoms with Crippen molar-refractivity contribution in [2.75, 3.05) is 13.7 Å². The molecule has 114 valence electrons. The summed E-state index contributed by atoms with van der Waals surface area (Å²) in [4.78, 5) is 4.51. The van der Waals surface area contributed by atoms with Crippen molar-refractivity contribution in [2.24, 2.45) is 0 Å². The van der Waals surface area contributed by atoms with Gasteiger partial charge >= 0.3 is 0 Å². The van der Waals surface area contributed by atoms with Crippen molar-refractivity contribution < 1.29 is 4.74 Å². The molecule has 0 spiro atoms. The topological polar surface area (TPSA) is 51.5 Å². The third kappa shape index (κ3) is 2.56. The maximum absolute atomic E-state index is 5.67. The molecule has 0 aliphatic heterocycles. The maximum Gasteiger partial charge on any atom is 0.155 e. The second-order valence-corrected chi connectivity index (χ2v) is 6.20. The molecule has 0 bridgehead atoms. The summed E-state index contributed by atoms with van der Waals surface area (Å²) in [5.74, 6) is 0. The van der Waals surface area contributed by atoms with Crippen LogP contribution in [0.4, 0.5) is 0 Å². The van der Waals surface area contributed by atoms with Crippen molar-refractivity contribution >= 4 is 5.65 Å². The molecule has 5 nitrogen and oxygen atoms in total. The zero-order valence-corrected chi connectivity index (χ0v) is 13.3. The number of ether oxygens (including phenoxy) is 1. The van der Waals surface area contributed by atoms with Crippen LogP contribution in [0.3, 0.4) is 0 Å². The zero-order chi connectivity index (χ0) is 15.0. The third-order valence-electron chi connectivity index (χ3n) is 4.78. The molecule has 1 fully saturated rings. The van der Waals surface area contributed by atoms with Gasteiger partial charge in [0, 0.05) is 43.2 Å². The lowest BCUT2D eigenvalue weighted by atomic mass is 9.80. The molecular formula is C16H24N4O. The number of aromatic nitrogens is 3. The Morgan fingerprint density at radius 1 is 1.43 bits per heavy atom. The number of aryl methyl sites for hydroxylation is 2. The molecule has 1 unspecified atom stereocenters. The molecule has 1 atom stereocenters. The van der Waals surface area contributed by atoms with Crippen LogP contribution in [0.25, 0.3) is 5.65 Å². The fraction of sp³-hybridized carbons (Fsp3) is 0.625.